The Bertz CT molecular complexity index is 1650. The number of nitrogens with one attached hydrogen (secondary N) is 1. The molecule has 0 aliphatic heterocycles. The van der Waals surface area contributed by atoms with Gasteiger partial charge in [-0.15, -0.1) is 10.2 Å². The van der Waals surface area contributed by atoms with Gasteiger partial charge in [-0.3, -0.25) is 9.35 Å². The third kappa shape index (κ3) is 5.77. The van der Waals surface area contributed by atoms with E-state index in [9.17, 15) is 22.9 Å². The lowest BCUT2D eigenvalue weighted by atomic mass is 10.0. The molecule has 0 spiro atoms. The average molecular weight is 554 g/mol. The molecule has 4 aromatic carbocycles. The van der Waals surface area contributed by atoms with Crippen molar-refractivity contribution in [3.05, 3.63) is 82.9 Å². The zero-order chi connectivity index (χ0) is 27.4. The summed E-state index contributed by atoms with van der Waals surface area (Å²) in [6, 6.07) is 18.1. The van der Waals surface area contributed by atoms with Crippen LogP contribution in [0.3, 0.4) is 0 Å². The Morgan fingerprint density at radius 2 is 1.74 bits per heavy atom. The van der Waals surface area contributed by atoms with E-state index in [1.54, 1.807) is 55.5 Å². The quantitative estimate of drug-likeness (QED) is 0.157. The molecule has 0 bridgehead atoms. The summed E-state index contributed by atoms with van der Waals surface area (Å²) in [4.78, 5) is 12.6. The first-order valence-corrected chi connectivity index (χ1v) is 13.4. The fourth-order valence-corrected chi connectivity index (χ4v) is 4.87. The normalized spacial score (nSPS) is 11.7. The molecule has 4 rings (SSSR count). The number of phenolic OH excluding ortho intramolecular Hbond substituents is 1. The van der Waals surface area contributed by atoms with Gasteiger partial charge in [0.1, 0.15) is 22.0 Å². The first kappa shape index (κ1) is 27.1. The van der Waals surface area contributed by atoms with Crippen molar-refractivity contribution in [2.45, 2.75) is 25.2 Å². The topological polar surface area (TPSA) is 138 Å². The van der Waals surface area contributed by atoms with Gasteiger partial charge in [0, 0.05) is 11.1 Å². The van der Waals surface area contributed by atoms with Crippen LogP contribution >= 0.6 is 11.6 Å². The van der Waals surface area contributed by atoms with Crippen molar-refractivity contribution in [3.63, 3.8) is 0 Å². The van der Waals surface area contributed by atoms with Crippen molar-refractivity contribution in [2.24, 2.45) is 10.2 Å². The molecule has 9 nitrogen and oxygen atoms in total. The summed E-state index contributed by atoms with van der Waals surface area (Å²) in [5.74, 6) is -0.341. The SMILES string of the molecule is CCOc1ccc(NC(=O)c2cc3ccccc3c(N=Nc3cc(CC)cc(S(=O)(=O)O)c3Cl)c2O)cc1. The molecule has 0 saturated carbocycles. The van der Waals surface area contributed by atoms with Gasteiger partial charge in [0.2, 0.25) is 0 Å². The highest BCUT2D eigenvalue weighted by Gasteiger charge is 2.21. The zero-order valence-electron chi connectivity index (χ0n) is 20.5. The first-order valence-electron chi connectivity index (χ1n) is 11.6. The predicted octanol–water partition coefficient (Wildman–Crippen LogP) is 7.07. The fourth-order valence-electron chi connectivity index (χ4n) is 3.80. The third-order valence-corrected chi connectivity index (χ3v) is 7.07. The minimum atomic E-state index is -4.61. The molecule has 11 heteroatoms. The van der Waals surface area contributed by atoms with Crippen molar-refractivity contribution < 1.29 is 27.6 Å². The van der Waals surface area contributed by atoms with Crippen molar-refractivity contribution in [2.75, 3.05) is 11.9 Å². The van der Waals surface area contributed by atoms with Gasteiger partial charge in [-0.1, -0.05) is 42.8 Å². The van der Waals surface area contributed by atoms with E-state index in [4.69, 9.17) is 16.3 Å². The van der Waals surface area contributed by atoms with Crippen LogP contribution in [-0.4, -0.2) is 30.6 Å². The number of amides is 1. The minimum Gasteiger partial charge on any atom is -0.505 e. The number of benzene rings is 4. The molecule has 38 heavy (non-hydrogen) atoms. The summed E-state index contributed by atoms with van der Waals surface area (Å²) >= 11 is 6.22. The molecule has 0 fully saturated rings. The largest absolute Gasteiger partial charge is 0.505 e. The van der Waals surface area contributed by atoms with Crippen LogP contribution in [0.1, 0.15) is 29.8 Å². The number of halogens is 1. The fraction of sp³-hybridized carbons (Fsp3) is 0.148. The maximum atomic E-state index is 13.1. The molecule has 0 aromatic heterocycles. The predicted molar refractivity (Wildman–Crippen MR) is 146 cm³/mol. The Morgan fingerprint density at radius 1 is 1.03 bits per heavy atom. The Labute approximate surface area is 224 Å². The highest BCUT2D eigenvalue weighted by molar-refractivity contribution is 7.86. The molecule has 1 amide bonds. The molecule has 0 saturated heterocycles. The number of aromatic hydroxyl groups is 1. The monoisotopic (exact) mass is 553 g/mol. The van der Waals surface area contributed by atoms with Crippen LogP contribution in [0.2, 0.25) is 5.02 Å². The first-order chi connectivity index (χ1) is 18.1. The zero-order valence-corrected chi connectivity index (χ0v) is 22.0. The summed E-state index contributed by atoms with van der Waals surface area (Å²) < 4.78 is 38.6. The van der Waals surface area contributed by atoms with Crippen LogP contribution in [0.25, 0.3) is 10.8 Å². The number of anilines is 1. The number of nitrogens with zero attached hydrogens (tertiary/aromatic N) is 2. The molecule has 0 atom stereocenters. The molecule has 0 unspecified atom stereocenters. The van der Waals surface area contributed by atoms with Gasteiger partial charge < -0.3 is 15.2 Å². The standard InChI is InChI=1S/C27H24ClN3O6S/c1-3-16-13-22(24(28)23(14-16)38(34,35)36)30-31-25-20-8-6-5-7-17(20)15-21(26(25)32)27(33)29-18-9-11-19(12-10-18)37-4-2/h5-15,32H,3-4H2,1-2H3,(H,29,33)(H,34,35,36). The number of carbonyl (C=O) groups is 1. The number of carbonyl (C=O) groups excluding carboxylic acids is 1. The van der Waals surface area contributed by atoms with Crippen LogP contribution in [0.15, 0.2) is 81.9 Å². The van der Waals surface area contributed by atoms with Gasteiger partial charge in [-0.25, -0.2) is 0 Å². The van der Waals surface area contributed by atoms with Crippen LogP contribution in [0.4, 0.5) is 17.1 Å². The van der Waals surface area contributed by atoms with E-state index >= 15 is 0 Å². The van der Waals surface area contributed by atoms with Crippen molar-refractivity contribution in [1.29, 1.82) is 0 Å². The van der Waals surface area contributed by atoms with Gasteiger partial charge in [0.05, 0.1) is 17.2 Å². The summed E-state index contributed by atoms with van der Waals surface area (Å²) in [6.45, 7) is 4.18. The molecule has 0 aliphatic carbocycles. The number of phenols is 1. The molecule has 0 radical (unpaired) electrons. The van der Waals surface area contributed by atoms with E-state index in [0.29, 0.717) is 40.8 Å². The summed E-state index contributed by atoms with van der Waals surface area (Å²) in [5.41, 5.74) is 0.972. The molecular formula is C27H24ClN3O6S. The average Bonchev–Trinajstić information content (AvgIpc) is 2.89. The molecule has 4 aromatic rings. The number of azo groups is 1. The lowest BCUT2D eigenvalue weighted by Gasteiger charge is -2.12. The number of hydrogen-bond acceptors (Lipinski definition) is 7. The van der Waals surface area contributed by atoms with E-state index in [-0.39, 0.29) is 22.0 Å². The molecule has 196 valence electrons. The highest BCUT2D eigenvalue weighted by Crippen LogP contribution is 2.41. The summed E-state index contributed by atoms with van der Waals surface area (Å²) in [6.07, 6.45) is 0.442. The number of hydrogen-bond donors (Lipinski definition) is 3. The Kier molecular flexibility index (Phi) is 7.96. The molecule has 0 heterocycles. The van der Waals surface area contributed by atoms with E-state index in [0.717, 1.165) is 0 Å². The second kappa shape index (κ2) is 11.2. The minimum absolute atomic E-state index is 0.00804. The van der Waals surface area contributed by atoms with Crippen LogP contribution in [0, 0.1) is 0 Å². The Hall–Kier alpha value is -3.99. The van der Waals surface area contributed by atoms with Crippen LogP contribution in [0.5, 0.6) is 11.5 Å². The van der Waals surface area contributed by atoms with Crippen LogP contribution in [-0.2, 0) is 16.5 Å². The maximum absolute atomic E-state index is 13.1. The van der Waals surface area contributed by atoms with Crippen molar-refractivity contribution in [1.82, 2.24) is 0 Å². The second-order valence-corrected chi connectivity index (χ2v) is 9.98. The smallest absolute Gasteiger partial charge is 0.296 e. The van der Waals surface area contributed by atoms with Crippen LogP contribution < -0.4 is 10.1 Å². The number of rotatable bonds is 8. The second-order valence-electron chi connectivity index (χ2n) is 8.21. The maximum Gasteiger partial charge on any atom is 0.296 e. The number of fused-ring (bicyclic) bond motifs is 1. The van der Waals surface area contributed by atoms with Gasteiger partial charge in [-0.2, -0.15) is 8.42 Å². The highest BCUT2D eigenvalue weighted by atomic mass is 35.5. The Balaban J connectivity index is 1.77. The number of aryl methyl sites for hydroxylation is 1. The van der Waals surface area contributed by atoms with Gasteiger partial charge in [0.15, 0.2) is 5.75 Å². The van der Waals surface area contributed by atoms with Gasteiger partial charge in [0.25, 0.3) is 16.0 Å². The molecule has 3 N–H and O–H groups in total. The Morgan fingerprint density at radius 3 is 2.39 bits per heavy atom. The third-order valence-electron chi connectivity index (χ3n) is 5.69. The van der Waals surface area contributed by atoms with Crippen molar-refractivity contribution in [3.8, 4) is 11.5 Å². The summed E-state index contributed by atoms with van der Waals surface area (Å²) in [7, 11) is -4.61. The van der Waals surface area contributed by atoms with Gasteiger partial charge in [-0.05, 0) is 66.8 Å². The lowest BCUT2D eigenvalue weighted by molar-refractivity contribution is 0.102. The molecule has 0 aliphatic rings. The van der Waals surface area contributed by atoms with E-state index in [1.165, 1.54) is 18.2 Å². The number of ether oxygens (including phenoxy) is 1. The summed E-state index contributed by atoms with van der Waals surface area (Å²) in [5, 5.41) is 22.9. The van der Waals surface area contributed by atoms with Crippen molar-refractivity contribution >= 4 is 55.5 Å². The van der Waals surface area contributed by atoms with Gasteiger partial charge >= 0.3 is 0 Å². The van der Waals surface area contributed by atoms with E-state index < -0.39 is 26.7 Å². The van der Waals surface area contributed by atoms with E-state index in [2.05, 4.69) is 15.5 Å². The lowest BCUT2D eigenvalue weighted by Crippen LogP contribution is -2.12. The van der Waals surface area contributed by atoms with E-state index in [1.807, 2.05) is 6.92 Å². The molecular weight excluding hydrogens is 530 g/mol.